The van der Waals surface area contributed by atoms with Gasteiger partial charge < -0.3 is 14.0 Å². The molecule has 1 heteroatoms. The van der Waals surface area contributed by atoms with Crippen LogP contribution >= 0.6 is 0 Å². The maximum atomic E-state index is 5.19. The first-order valence-corrected chi connectivity index (χ1v) is 6.78. The first-order chi connectivity index (χ1) is 8.91. The van der Waals surface area contributed by atoms with E-state index in [1.54, 1.807) is 6.08 Å². The predicted molar refractivity (Wildman–Crippen MR) is 87.0 cm³/mol. The minimum Gasteiger partial charge on any atom is -0.518 e. The van der Waals surface area contributed by atoms with E-state index in [1.165, 1.54) is 25.7 Å². The van der Waals surface area contributed by atoms with E-state index in [-0.39, 0.29) is 33.6 Å². The minimum absolute atomic E-state index is 0. The third-order valence-corrected chi connectivity index (χ3v) is 2.34. The zero-order valence-electron chi connectivity index (χ0n) is 13.0. The Morgan fingerprint density at radius 2 is 1.05 bits per heavy atom. The van der Waals surface area contributed by atoms with Crippen LogP contribution in [0.25, 0.3) is 0 Å². The molecule has 20 heavy (non-hydrogen) atoms. The summed E-state index contributed by atoms with van der Waals surface area (Å²) >= 11 is 0. The molecule has 2 aliphatic carbocycles. The quantitative estimate of drug-likeness (QED) is 0.459. The molecule has 0 nitrogen and oxygen atoms in total. The topological polar surface area (TPSA) is 0 Å². The van der Waals surface area contributed by atoms with E-state index in [1.807, 2.05) is 64.2 Å². The fourth-order valence-electron chi connectivity index (χ4n) is 1.33. The van der Waals surface area contributed by atoms with Gasteiger partial charge in [-0.3, -0.25) is 6.08 Å². The Kier molecular flexibility index (Phi) is 31.5. The Morgan fingerprint density at radius 3 is 1.30 bits per heavy atom. The monoisotopic (exact) mass is 346 g/mol. The van der Waals surface area contributed by atoms with Gasteiger partial charge in [-0.1, -0.05) is 39.0 Å². The summed E-state index contributed by atoms with van der Waals surface area (Å²) in [4.78, 5) is 0. The standard InChI is InChI=1S/C8H15.2C5H5.CH3.Zr/c1-3-5-7-8-6-4-2;2*1-2-4-5-3-1;;/h1,3H,4-8H2,2H3;2*1-5H;1H3;/q-1;;;-1;+2. The summed E-state index contributed by atoms with van der Waals surface area (Å²) in [5.41, 5.74) is 0. The van der Waals surface area contributed by atoms with Crippen LogP contribution in [0, 0.1) is 78.2 Å². The van der Waals surface area contributed by atoms with Gasteiger partial charge in [0.25, 0.3) is 0 Å². The Balaban J connectivity index is -0.000000212. The molecule has 108 valence electrons. The molecule has 0 atom stereocenters. The summed E-state index contributed by atoms with van der Waals surface area (Å²) in [6, 6.07) is 0. The maximum absolute atomic E-state index is 5.19. The van der Waals surface area contributed by atoms with Gasteiger partial charge in [0.1, 0.15) is 0 Å². The molecule has 10 radical (unpaired) electrons. The largest absolute Gasteiger partial charge is 2.00 e. The van der Waals surface area contributed by atoms with E-state index in [4.69, 9.17) is 6.58 Å². The van der Waals surface area contributed by atoms with Gasteiger partial charge in [0, 0.05) is 0 Å². The molecular weight excluding hydrogens is 319 g/mol. The summed E-state index contributed by atoms with van der Waals surface area (Å²) in [6.07, 6.45) is 28.1. The van der Waals surface area contributed by atoms with E-state index in [0.717, 1.165) is 6.42 Å². The average Bonchev–Trinajstić information content (AvgIpc) is 3.12. The molecule has 0 unspecified atom stereocenters. The van der Waals surface area contributed by atoms with Crippen LogP contribution in [0.1, 0.15) is 39.0 Å². The molecular formula is C19H28Zr. The molecule has 0 aromatic carbocycles. The van der Waals surface area contributed by atoms with Crippen LogP contribution in [0.2, 0.25) is 0 Å². The van der Waals surface area contributed by atoms with Gasteiger partial charge in [0.2, 0.25) is 0 Å². The molecule has 0 aromatic heterocycles. The molecule has 0 spiro atoms. The Labute approximate surface area is 149 Å². The van der Waals surface area contributed by atoms with Gasteiger partial charge in [-0.15, -0.1) is 0 Å². The van der Waals surface area contributed by atoms with Crippen molar-refractivity contribution in [1.29, 1.82) is 0 Å². The molecule has 0 heterocycles. The third kappa shape index (κ3) is 23.7. The van der Waals surface area contributed by atoms with Crippen molar-refractivity contribution in [2.45, 2.75) is 39.0 Å². The average molecular weight is 348 g/mol. The smallest absolute Gasteiger partial charge is 0.518 e. The second kappa shape index (κ2) is 24.6. The zero-order valence-corrected chi connectivity index (χ0v) is 15.4. The fourth-order valence-corrected chi connectivity index (χ4v) is 1.33. The van der Waals surface area contributed by atoms with E-state index < -0.39 is 0 Å². The SMILES string of the molecule is [CH-]=CCCCCCC.[CH3-].[CH]1[CH][CH][CH][CH]1.[CH]1[CH][CH][CH][CH]1.[Zr+2]. The zero-order chi connectivity index (χ0) is 13.3. The van der Waals surface area contributed by atoms with E-state index in [2.05, 4.69) is 6.92 Å². The van der Waals surface area contributed by atoms with Crippen molar-refractivity contribution < 1.29 is 26.2 Å². The van der Waals surface area contributed by atoms with Crippen molar-refractivity contribution in [2.24, 2.45) is 0 Å². The molecule has 2 aliphatic rings. The van der Waals surface area contributed by atoms with Gasteiger partial charge in [0.15, 0.2) is 0 Å². The van der Waals surface area contributed by atoms with Gasteiger partial charge in [-0.05, 0) is 64.2 Å². The number of rotatable bonds is 5. The summed E-state index contributed by atoms with van der Waals surface area (Å²) in [5, 5.41) is 0. The molecule has 2 rings (SSSR count). The summed E-state index contributed by atoms with van der Waals surface area (Å²) in [6.45, 7) is 7.40. The van der Waals surface area contributed by atoms with E-state index >= 15 is 0 Å². The van der Waals surface area contributed by atoms with Gasteiger partial charge in [0.05, 0.1) is 0 Å². The van der Waals surface area contributed by atoms with Crippen molar-refractivity contribution in [2.75, 3.05) is 0 Å². The van der Waals surface area contributed by atoms with Crippen LogP contribution in [0.3, 0.4) is 0 Å². The van der Waals surface area contributed by atoms with Crippen molar-refractivity contribution in [3.8, 4) is 0 Å². The summed E-state index contributed by atoms with van der Waals surface area (Å²) in [7, 11) is 0. The molecule has 0 aliphatic heterocycles. The fraction of sp³-hybridized carbons (Fsp3) is 0.316. The van der Waals surface area contributed by atoms with Gasteiger partial charge >= 0.3 is 26.2 Å². The number of hydrogen-bond acceptors (Lipinski definition) is 0. The minimum atomic E-state index is 0. The molecule has 2 fully saturated rings. The number of unbranched alkanes of at least 4 members (excludes halogenated alkanes) is 4. The predicted octanol–water partition coefficient (Wildman–Crippen LogP) is 5.44. The van der Waals surface area contributed by atoms with Crippen LogP contribution in [-0.2, 0) is 26.2 Å². The molecule has 0 N–H and O–H groups in total. The van der Waals surface area contributed by atoms with Crippen molar-refractivity contribution in [3.63, 3.8) is 0 Å². The molecule has 0 amide bonds. The van der Waals surface area contributed by atoms with Gasteiger partial charge in [-0.2, -0.15) is 0 Å². The molecule has 0 aromatic rings. The first kappa shape index (κ1) is 25.6. The van der Waals surface area contributed by atoms with E-state index in [0.29, 0.717) is 0 Å². The van der Waals surface area contributed by atoms with Crippen molar-refractivity contribution in [1.82, 2.24) is 0 Å². The Morgan fingerprint density at radius 1 is 0.700 bits per heavy atom. The first-order valence-electron chi connectivity index (χ1n) is 6.78. The summed E-state index contributed by atoms with van der Waals surface area (Å²) < 4.78 is 0. The van der Waals surface area contributed by atoms with Crippen molar-refractivity contribution in [3.05, 3.63) is 84.3 Å². The second-order valence-electron chi connectivity index (χ2n) is 4.01. The number of hydrogen-bond donors (Lipinski definition) is 0. The molecule has 0 bridgehead atoms. The van der Waals surface area contributed by atoms with Crippen LogP contribution < -0.4 is 0 Å². The van der Waals surface area contributed by atoms with Crippen molar-refractivity contribution >= 4 is 0 Å². The van der Waals surface area contributed by atoms with E-state index in [9.17, 15) is 0 Å². The normalized spacial score (nSPS) is 15.7. The number of allylic oxidation sites excluding steroid dienone is 1. The third-order valence-electron chi connectivity index (χ3n) is 2.34. The van der Waals surface area contributed by atoms with Crippen LogP contribution in [-0.4, -0.2) is 0 Å². The Bertz CT molecular complexity index is 121. The maximum Gasteiger partial charge on any atom is 2.00 e. The Hall–Kier alpha value is 0.623. The summed E-state index contributed by atoms with van der Waals surface area (Å²) in [5.74, 6) is 0. The van der Waals surface area contributed by atoms with Crippen LogP contribution in [0.4, 0.5) is 0 Å². The second-order valence-corrected chi connectivity index (χ2v) is 4.01. The molecule has 0 saturated heterocycles. The van der Waals surface area contributed by atoms with Gasteiger partial charge in [-0.25, -0.2) is 0 Å². The van der Waals surface area contributed by atoms with Crippen LogP contribution in [0.15, 0.2) is 6.08 Å². The molecule has 2 saturated carbocycles. The van der Waals surface area contributed by atoms with Crippen LogP contribution in [0.5, 0.6) is 0 Å².